The number of hydrogen-bond donors (Lipinski definition) is 1. The summed E-state index contributed by atoms with van der Waals surface area (Å²) in [4.78, 5) is 12.2. The molecule has 1 N–H and O–H groups in total. The summed E-state index contributed by atoms with van der Waals surface area (Å²) in [5, 5.41) is 4.02. The Morgan fingerprint density at radius 1 is 0.966 bits per heavy atom. The molecule has 0 aliphatic rings. The van der Waals surface area contributed by atoms with Gasteiger partial charge < -0.3 is 4.74 Å². The average Bonchev–Trinajstić information content (AvgIpc) is 2.74. The Morgan fingerprint density at radius 3 is 2.31 bits per heavy atom. The van der Waals surface area contributed by atoms with Crippen molar-refractivity contribution in [3.05, 3.63) is 64.1 Å². The zero-order chi connectivity index (χ0) is 20.7. The number of hydrogen-bond acceptors (Lipinski definition) is 3. The molecule has 0 atom stereocenters. The zero-order valence-electron chi connectivity index (χ0n) is 17.2. The van der Waals surface area contributed by atoms with E-state index in [0.717, 1.165) is 28.8 Å². The van der Waals surface area contributed by atoms with Crippen LogP contribution in [0.5, 0.6) is 5.75 Å². The van der Waals surface area contributed by atoms with Gasteiger partial charge in [-0.05, 0) is 36.8 Å². The quantitative estimate of drug-likeness (QED) is 0.205. The highest BCUT2D eigenvalue weighted by molar-refractivity contribution is 9.10. The topological polar surface area (TPSA) is 50.7 Å². The molecule has 156 valence electrons. The second kappa shape index (κ2) is 13.9. The van der Waals surface area contributed by atoms with Crippen LogP contribution in [0.2, 0.25) is 0 Å². The molecular weight excluding hydrogens is 428 g/mol. The molecule has 0 unspecified atom stereocenters. The maximum atomic E-state index is 12.2. The van der Waals surface area contributed by atoms with Gasteiger partial charge in [0, 0.05) is 15.6 Å². The van der Waals surface area contributed by atoms with Crippen LogP contribution in [0.25, 0.3) is 0 Å². The van der Waals surface area contributed by atoms with Crippen LogP contribution in [0.1, 0.15) is 74.2 Å². The summed E-state index contributed by atoms with van der Waals surface area (Å²) in [6.45, 7) is 2.96. The highest BCUT2D eigenvalue weighted by Gasteiger charge is 2.04. The summed E-state index contributed by atoms with van der Waals surface area (Å²) in [6.07, 6.45) is 11.9. The zero-order valence-corrected chi connectivity index (χ0v) is 18.8. The molecule has 0 aliphatic heterocycles. The number of amides is 1. The van der Waals surface area contributed by atoms with Crippen LogP contribution in [0, 0.1) is 0 Å². The fraction of sp³-hybridized carbons (Fsp3) is 0.417. The van der Waals surface area contributed by atoms with Crippen LogP contribution in [-0.2, 0) is 0 Å². The van der Waals surface area contributed by atoms with Gasteiger partial charge in [-0.1, -0.05) is 86.0 Å². The van der Waals surface area contributed by atoms with Crippen LogP contribution in [0.3, 0.4) is 0 Å². The first-order valence-corrected chi connectivity index (χ1v) is 11.3. The van der Waals surface area contributed by atoms with E-state index in [9.17, 15) is 4.79 Å². The molecule has 0 saturated heterocycles. The van der Waals surface area contributed by atoms with Crippen molar-refractivity contribution < 1.29 is 9.53 Å². The van der Waals surface area contributed by atoms with E-state index in [4.69, 9.17) is 4.74 Å². The number of unbranched alkanes of at least 4 members (excludes halogenated alkanes) is 7. The lowest BCUT2D eigenvalue weighted by molar-refractivity contribution is 0.0955. The molecule has 29 heavy (non-hydrogen) atoms. The van der Waals surface area contributed by atoms with Gasteiger partial charge in [-0.25, -0.2) is 5.43 Å². The Labute approximate surface area is 182 Å². The van der Waals surface area contributed by atoms with Crippen molar-refractivity contribution in [3.63, 3.8) is 0 Å². The van der Waals surface area contributed by atoms with Gasteiger partial charge in [-0.2, -0.15) is 5.10 Å². The van der Waals surface area contributed by atoms with E-state index in [2.05, 4.69) is 33.4 Å². The number of nitrogens with zero attached hydrogens (tertiary/aromatic N) is 1. The Balaban J connectivity index is 1.65. The summed E-state index contributed by atoms with van der Waals surface area (Å²) in [7, 11) is 0. The second-order valence-electron chi connectivity index (χ2n) is 7.07. The number of benzene rings is 2. The molecule has 0 bridgehead atoms. The number of hydrazone groups is 1. The molecule has 2 aromatic carbocycles. The van der Waals surface area contributed by atoms with Gasteiger partial charge in [0.25, 0.3) is 5.91 Å². The first-order chi connectivity index (χ1) is 14.2. The van der Waals surface area contributed by atoms with E-state index in [1.165, 1.54) is 44.9 Å². The number of ether oxygens (including phenoxy) is 1. The highest BCUT2D eigenvalue weighted by Crippen LogP contribution is 2.15. The lowest BCUT2D eigenvalue weighted by atomic mass is 10.1. The molecule has 5 heteroatoms. The number of rotatable bonds is 13. The van der Waals surface area contributed by atoms with Crippen LogP contribution >= 0.6 is 15.9 Å². The number of carbonyl (C=O) groups is 1. The minimum Gasteiger partial charge on any atom is -0.494 e. The van der Waals surface area contributed by atoms with Crippen molar-refractivity contribution in [2.24, 2.45) is 5.10 Å². The molecule has 0 fully saturated rings. The van der Waals surface area contributed by atoms with E-state index < -0.39 is 0 Å². The fourth-order valence-corrected chi connectivity index (χ4v) is 3.32. The third-order valence-corrected chi connectivity index (χ3v) is 5.38. The normalized spacial score (nSPS) is 11.0. The summed E-state index contributed by atoms with van der Waals surface area (Å²) in [5.74, 6) is 0.545. The molecule has 0 radical (unpaired) electrons. The number of carbonyl (C=O) groups excluding carboxylic acids is 1. The SMILES string of the molecule is CCCCCCCCCCOc1ccc(C(=O)N/N=C/c2ccccc2Br)cc1. The van der Waals surface area contributed by atoms with Gasteiger partial charge in [0.2, 0.25) is 0 Å². The first-order valence-electron chi connectivity index (χ1n) is 10.5. The third kappa shape index (κ3) is 9.27. The summed E-state index contributed by atoms with van der Waals surface area (Å²) in [5.41, 5.74) is 4.00. The minimum absolute atomic E-state index is 0.247. The van der Waals surface area contributed by atoms with Crippen molar-refractivity contribution in [2.45, 2.75) is 58.3 Å². The largest absolute Gasteiger partial charge is 0.494 e. The van der Waals surface area contributed by atoms with E-state index in [1.54, 1.807) is 18.3 Å². The van der Waals surface area contributed by atoms with Gasteiger partial charge in [-0.15, -0.1) is 0 Å². The van der Waals surface area contributed by atoms with Crippen molar-refractivity contribution in [1.29, 1.82) is 0 Å². The minimum atomic E-state index is -0.247. The van der Waals surface area contributed by atoms with Crippen LogP contribution in [0.4, 0.5) is 0 Å². The summed E-state index contributed by atoms with van der Waals surface area (Å²) >= 11 is 3.45. The lowest BCUT2D eigenvalue weighted by Gasteiger charge is -2.07. The predicted octanol–water partition coefficient (Wildman–Crippen LogP) is 6.73. The van der Waals surface area contributed by atoms with Gasteiger partial charge in [-0.3, -0.25) is 4.79 Å². The average molecular weight is 459 g/mol. The Bertz CT molecular complexity index is 760. The lowest BCUT2D eigenvalue weighted by Crippen LogP contribution is -2.17. The number of halogens is 1. The molecule has 2 aromatic rings. The van der Waals surface area contributed by atoms with Crippen LogP contribution < -0.4 is 10.2 Å². The van der Waals surface area contributed by atoms with E-state index in [1.807, 2.05) is 36.4 Å². The molecule has 2 rings (SSSR count). The van der Waals surface area contributed by atoms with Crippen molar-refractivity contribution in [2.75, 3.05) is 6.61 Å². The summed E-state index contributed by atoms with van der Waals surface area (Å²) in [6, 6.07) is 14.9. The fourth-order valence-electron chi connectivity index (χ4n) is 2.93. The van der Waals surface area contributed by atoms with Crippen molar-refractivity contribution >= 4 is 28.1 Å². The molecule has 0 aromatic heterocycles. The van der Waals surface area contributed by atoms with Crippen molar-refractivity contribution in [3.8, 4) is 5.75 Å². The maximum Gasteiger partial charge on any atom is 0.271 e. The predicted molar refractivity (Wildman–Crippen MR) is 124 cm³/mol. The van der Waals surface area contributed by atoms with E-state index >= 15 is 0 Å². The van der Waals surface area contributed by atoms with Crippen LogP contribution in [-0.4, -0.2) is 18.7 Å². The molecule has 0 heterocycles. The van der Waals surface area contributed by atoms with E-state index in [-0.39, 0.29) is 5.91 Å². The Hall–Kier alpha value is -2.14. The molecule has 4 nitrogen and oxygen atoms in total. The highest BCUT2D eigenvalue weighted by atomic mass is 79.9. The van der Waals surface area contributed by atoms with Crippen molar-refractivity contribution in [1.82, 2.24) is 5.43 Å². The molecule has 0 saturated carbocycles. The molecule has 0 spiro atoms. The third-order valence-electron chi connectivity index (χ3n) is 4.66. The van der Waals surface area contributed by atoms with Crippen LogP contribution in [0.15, 0.2) is 58.1 Å². The molecule has 0 aliphatic carbocycles. The monoisotopic (exact) mass is 458 g/mol. The Kier molecular flexibility index (Phi) is 11.1. The second-order valence-corrected chi connectivity index (χ2v) is 7.92. The van der Waals surface area contributed by atoms with Gasteiger partial charge >= 0.3 is 0 Å². The van der Waals surface area contributed by atoms with Gasteiger partial charge in [0.1, 0.15) is 5.75 Å². The Morgan fingerprint density at radius 2 is 1.62 bits per heavy atom. The van der Waals surface area contributed by atoms with Gasteiger partial charge in [0.05, 0.1) is 12.8 Å². The van der Waals surface area contributed by atoms with E-state index in [0.29, 0.717) is 5.56 Å². The van der Waals surface area contributed by atoms with Gasteiger partial charge in [0.15, 0.2) is 0 Å². The maximum absolute atomic E-state index is 12.2. The first kappa shape index (κ1) is 23.1. The molecular formula is C24H31BrN2O2. The summed E-state index contributed by atoms with van der Waals surface area (Å²) < 4.78 is 6.70. The molecule has 1 amide bonds. The standard InChI is InChI=1S/C24H31BrN2O2/c1-2-3-4-5-6-7-8-11-18-29-22-16-14-20(15-17-22)24(28)27-26-19-21-12-9-10-13-23(21)25/h9-10,12-17,19H,2-8,11,18H2,1H3,(H,27,28)/b26-19+. The number of nitrogens with one attached hydrogen (secondary N) is 1. The smallest absolute Gasteiger partial charge is 0.271 e.